The Morgan fingerprint density at radius 3 is 3.00 bits per heavy atom. The van der Waals surface area contributed by atoms with Gasteiger partial charge in [0.05, 0.1) is 8.30 Å². The van der Waals surface area contributed by atoms with Crippen molar-refractivity contribution >= 4 is 11.6 Å². The van der Waals surface area contributed by atoms with Gasteiger partial charge in [-0.2, -0.15) is 0 Å². The van der Waals surface area contributed by atoms with Crippen molar-refractivity contribution in [2.24, 2.45) is 0 Å². The van der Waals surface area contributed by atoms with Gasteiger partial charge in [-0.15, -0.1) is 0 Å². The zero-order chi connectivity index (χ0) is 17.3. The smallest absolute Gasteiger partial charge is 0.299 e. The highest BCUT2D eigenvalue weighted by Crippen LogP contribution is 2.19. The lowest BCUT2D eigenvalue weighted by molar-refractivity contribution is 0.0959. The summed E-state index contributed by atoms with van der Waals surface area (Å²) in [5.41, 5.74) is -2.12. The number of carbonyl (C=O) groups is 1. The third-order valence-electron chi connectivity index (χ3n) is 1.90. The molecule has 0 aliphatic heterocycles. The second kappa shape index (κ2) is 4.83. The van der Waals surface area contributed by atoms with Gasteiger partial charge in [-0.25, -0.2) is 11.0 Å². The molecule has 0 fully saturated rings. The van der Waals surface area contributed by atoms with Crippen LogP contribution < -0.4 is 10.6 Å². The average Bonchev–Trinajstić information content (AvgIpc) is 2.37. The van der Waals surface area contributed by atoms with Crippen LogP contribution in [-0.2, 0) is 0 Å². The van der Waals surface area contributed by atoms with Crippen LogP contribution in [0, 0.1) is 12.4 Å². The summed E-state index contributed by atoms with van der Waals surface area (Å²) < 4.78 is 50.3. The van der Waals surface area contributed by atoms with Gasteiger partial charge in [0.15, 0.2) is 0 Å². The lowest BCUT2D eigenvalue weighted by atomic mass is 10.1. The van der Waals surface area contributed by atoms with E-state index in [1.165, 1.54) is 13.8 Å². The number of nitrogens with zero attached hydrogens (tertiary/aromatic N) is 1. The lowest BCUT2D eigenvalue weighted by Crippen LogP contribution is -2.26. The zero-order valence-corrected chi connectivity index (χ0v) is 9.31. The molecule has 1 aromatic carbocycles. The summed E-state index contributed by atoms with van der Waals surface area (Å²) in [5, 5.41) is 4.14. The molecule has 0 atom stereocenters. The summed E-state index contributed by atoms with van der Waals surface area (Å²) in [7, 11) is 0. The first-order chi connectivity index (χ1) is 9.88. The Kier molecular flexibility index (Phi) is 2.07. The minimum atomic E-state index is -2.81. The second-order valence-corrected chi connectivity index (χ2v) is 3.77. The summed E-state index contributed by atoms with van der Waals surface area (Å²) in [4.78, 5) is 14.9. The van der Waals surface area contributed by atoms with Crippen molar-refractivity contribution in [3.8, 4) is 0 Å². The second-order valence-electron chi connectivity index (χ2n) is 3.77. The maximum absolute atomic E-state index is 14.1. The number of rotatable bonds is 3. The fourth-order valence-electron chi connectivity index (χ4n) is 1.05. The van der Waals surface area contributed by atoms with E-state index in [1.807, 2.05) is 0 Å². The van der Waals surface area contributed by atoms with E-state index in [0.29, 0.717) is 0 Å². The molecule has 5 heteroatoms. The molecule has 1 aromatic rings. The first kappa shape index (κ1) is 7.28. The molecule has 0 aromatic heterocycles. The molecule has 0 aliphatic rings. The number of hydrogen-bond donors (Lipinski definition) is 2. The topological polar surface area (TPSA) is 45.5 Å². The van der Waals surface area contributed by atoms with Crippen molar-refractivity contribution in [2.45, 2.75) is 19.5 Å². The molecule has 0 spiro atoms. The first-order valence-corrected chi connectivity index (χ1v) is 4.67. The number of hydrogen-bond acceptors (Lipinski definition) is 2. The minimum Gasteiger partial charge on any atom is -0.355 e. The van der Waals surface area contributed by atoms with Crippen molar-refractivity contribution < 1.29 is 16.0 Å². The fourth-order valence-corrected chi connectivity index (χ4v) is 1.05. The Balaban J connectivity index is 3.29. The van der Waals surface area contributed by atoms with Gasteiger partial charge in [0.2, 0.25) is 0 Å². The molecule has 0 aliphatic carbocycles. The number of amides is 1. The van der Waals surface area contributed by atoms with E-state index in [0.717, 1.165) is 6.07 Å². The molecule has 2 N–H and O–H groups in total. The Bertz CT molecular complexity index is 652. The molecule has 0 radical (unpaired) electrons. The third-order valence-corrected chi connectivity index (χ3v) is 1.90. The van der Waals surface area contributed by atoms with Crippen LogP contribution in [0.25, 0.3) is 4.85 Å². The summed E-state index contributed by atoms with van der Waals surface area (Å²) >= 11 is 0. The SMILES string of the molecule is [2H]c1cc(C(=O)NC([2H])([2H])[2H])c(F)c([2H])c1NC(C)(C)[N+]#[C-]. The molecule has 0 saturated carbocycles. The molecule has 17 heavy (non-hydrogen) atoms. The molecule has 0 saturated heterocycles. The molecule has 0 bridgehead atoms. The predicted octanol–water partition coefficient (Wildman–Crippen LogP) is 2.25. The van der Waals surface area contributed by atoms with Crippen LogP contribution in [0.1, 0.15) is 31.1 Å². The van der Waals surface area contributed by atoms with Crippen LogP contribution in [0.4, 0.5) is 10.1 Å². The van der Waals surface area contributed by atoms with Gasteiger partial charge in [-0.1, -0.05) is 0 Å². The van der Waals surface area contributed by atoms with E-state index in [1.54, 1.807) is 5.32 Å². The number of benzene rings is 1. The van der Waals surface area contributed by atoms with Gasteiger partial charge in [0.1, 0.15) is 5.82 Å². The van der Waals surface area contributed by atoms with Gasteiger partial charge < -0.3 is 10.6 Å². The van der Waals surface area contributed by atoms with Gasteiger partial charge in [0.25, 0.3) is 11.6 Å². The Labute approximate surface area is 107 Å². The van der Waals surface area contributed by atoms with Crippen molar-refractivity contribution in [1.29, 1.82) is 0 Å². The minimum absolute atomic E-state index is 0.246. The van der Waals surface area contributed by atoms with Crippen LogP contribution in [0.15, 0.2) is 18.2 Å². The van der Waals surface area contributed by atoms with Crippen molar-refractivity contribution in [3.63, 3.8) is 0 Å². The van der Waals surface area contributed by atoms with Crippen LogP contribution in [0.5, 0.6) is 0 Å². The standard InChI is InChI=1S/C12H14FN3O/c1-12(2,15-4)16-8-5-6-9(10(13)7-8)11(17)14-3/h5-7,16H,1-3H3,(H,14,17)/i3D3,5D,7D. The fraction of sp³-hybridized carbons (Fsp3) is 0.333. The van der Waals surface area contributed by atoms with Crippen molar-refractivity contribution in [1.82, 2.24) is 5.32 Å². The van der Waals surface area contributed by atoms with E-state index >= 15 is 0 Å². The van der Waals surface area contributed by atoms with Crippen LogP contribution in [-0.4, -0.2) is 18.5 Å². The molecule has 1 rings (SSSR count). The largest absolute Gasteiger partial charge is 0.355 e. The normalized spacial score (nSPS) is 15.5. The zero-order valence-electron chi connectivity index (χ0n) is 14.3. The summed E-state index contributed by atoms with van der Waals surface area (Å²) in [6.45, 7) is 7.13. The molecule has 1 amide bonds. The van der Waals surface area contributed by atoms with Crippen LogP contribution in [0.3, 0.4) is 0 Å². The number of carbonyl (C=O) groups excluding carboxylic acids is 1. The van der Waals surface area contributed by atoms with E-state index in [2.05, 4.69) is 10.2 Å². The molecular formula is C12H14FN3O. The predicted molar refractivity (Wildman–Crippen MR) is 64.1 cm³/mol. The van der Waals surface area contributed by atoms with E-state index in [9.17, 15) is 9.18 Å². The lowest BCUT2D eigenvalue weighted by Gasteiger charge is -2.15. The van der Waals surface area contributed by atoms with Crippen molar-refractivity contribution in [2.75, 3.05) is 12.3 Å². The van der Waals surface area contributed by atoms with Gasteiger partial charge in [0, 0.05) is 30.6 Å². The highest BCUT2D eigenvalue weighted by Gasteiger charge is 2.22. The summed E-state index contributed by atoms with van der Waals surface area (Å²) in [6, 6.07) is -0.352. The summed E-state index contributed by atoms with van der Waals surface area (Å²) in [5.74, 6) is -2.50. The quantitative estimate of drug-likeness (QED) is 0.796. The maximum Gasteiger partial charge on any atom is 0.299 e. The Hall–Kier alpha value is -2.09. The Morgan fingerprint density at radius 2 is 2.41 bits per heavy atom. The summed E-state index contributed by atoms with van der Waals surface area (Å²) in [6.07, 6.45) is 0. The third kappa shape index (κ3) is 3.18. The van der Waals surface area contributed by atoms with Crippen molar-refractivity contribution in [3.05, 3.63) is 40.9 Å². The van der Waals surface area contributed by atoms with Gasteiger partial charge >= 0.3 is 0 Å². The average molecular weight is 240 g/mol. The highest BCUT2D eigenvalue weighted by atomic mass is 19.1. The van der Waals surface area contributed by atoms with E-state index in [-0.39, 0.29) is 11.7 Å². The van der Waals surface area contributed by atoms with E-state index < -0.39 is 36.0 Å². The number of nitrogens with one attached hydrogen (secondary N) is 2. The molecule has 0 unspecified atom stereocenters. The monoisotopic (exact) mass is 240 g/mol. The molecule has 90 valence electrons. The van der Waals surface area contributed by atoms with Crippen LogP contribution in [0.2, 0.25) is 0 Å². The van der Waals surface area contributed by atoms with E-state index in [4.69, 9.17) is 13.4 Å². The maximum atomic E-state index is 14.1. The first-order valence-electron chi connectivity index (χ1n) is 7.17. The molecular weight excluding hydrogens is 221 g/mol. The molecule has 0 heterocycles. The number of anilines is 1. The number of halogens is 1. The molecule has 4 nitrogen and oxygen atoms in total. The Morgan fingerprint density at radius 1 is 1.71 bits per heavy atom. The van der Waals surface area contributed by atoms with Gasteiger partial charge in [-0.3, -0.25) is 9.64 Å². The van der Waals surface area contributed by atoms with Crippen LogP contribution >= 0.6 is 0 Å². The highest BCUT2D eigenvalue weighted by molar-refractivity contribution is 5.94. The van der Waals surface area contributed by atoms with Gasteiger partial charge in [-0.05, 0) is 18.2 Å².